The highest BCUT2D eigenvalue weighted by Crippen LogP contribution is 2.32. The monoisotopic (exact) mass is 436 g/mol. The highest BCUT2D eigenvalue weighted by Gasteiger charge is 2.33. The minimum absolute atomic E-state index is 0.0586. The topological polar surface area (TPSA) is 60.2 Å². The van der Waals surface area contributed by atoms with E-state index in [1.165, 1.54) is 28.2 Å². The molecule has 2 unspecified atom stereocenters. The van der Waals surface area contributed by atoms with E-state index in [0.29, 0.717) is 23.9 Å². The molecule has 0 radical (unpaired) electrons. The SMILES string of the molecule is CC1CN(C(=O)c2nc(-c3cccs3)n(-c3cccc(C(F)(F)F)c3)n2)C(C)CO1. The van der Waals surface area contributed by atoms with Crippen LogP contribution in [0.15, 0.2) is 41.8 Å². The normalized spacial score (nSPS) is 19.8. The van der Waals surface area contributed by atoms with Gasteiger partial charge < -0.3 is 9.64 Å². The van der Waals surface area contributed by atoms with Crippen molar-refractivity contribution in [3.8, 4) is 16.4 Å². The molecule has 4 rings (SSSR count). The molecule has 1 aliphatic rings. The number of morpholine rings is 1. The lowest BCUT2D eigenvalue weighted by atomic mass is 10.2. The third-order valence-electron chi connectivity index (χ3n) is 4.83. The summed E-state index contributed by atoms with van der Waals surface area (Å²) < 4.78 is 46.5. The molecule has 1 amide bonds. The van der Waals surface area contributed by atoms with E-state index < -0.39 is 11.7 Å². The Morgan fingerprint density at radius 1 is 1.23 bits per heavy atom. The zero-order valence-electron chi connectivity index (χ0n) is 16.3. The summed E-state index contributed by atoms with van der Waals surface area (Å²) >= 11 is 1.37. The molecule has 158 valence electrons. The number of aromatic nitrogens is 3. The van der Waals surface area contributed by atoms with Gasteiger partial charge in [0, 0.05) is 6.54 Å². The van der Waals surface area contributed by atoms with Gasteiger partial charge in [-0.25, -0.2) is 9.67 Å². The molecule has 10 heteroatoms. The van der Waals surface area contributed by atoms with E-state index in [2.05, 4.69) is 10.1 Å². The number of thiophene rings is 1. The zero-order valence-corrected chi connectivity index (χ0v) is 17.1. The summed E-state index contributed by atoms with van der Waals surface area (Å²) in [6.07, 6.45) is -4.61. The number of carbonyl (C=O) groups excluding carboxylic acids is 1. The van der Waals surface area contributed by atoms with Crippen LogP contribution >= 0.6 is 11.3 Å². The smallest absolute Gasteiger partial charge is 0.375 e. The average molecular weight is 436 g/mol. The highest BCUT2D eigenvalue weighted by atomic mass is 32.1. The predicted molar refractivity (Wildman–Crippen MR) is 106 cm³/mol. The summed E-state index contributed by atoms with van der Waals surface area (Å²) in [7, 11) is 0. The Morgan fingerprint density at radius 2 is 2.03 bits per heavy atom. The summed E-state index contributed by atoms with van der Waals surface area (Å²) in [5.74, 6) is -0.112. The van der Waals surface area contributed by atoms with E-state index in [1.54, 1.807) is 17.0 Å². The average Bonchev–Trinajstić information content (AvgIpc) is 3.38. The summed E-state index contributed by atoms with van der Waals surface area (Å²) in [6.45, 7) is 4.54. The molecule has 1 fully saturated rings. The molecule has 1 aliphatic heterocycles. The fourth-order valence-electron chi connectivity index (χ4n) is 3.28. The Bertz CT molecular complexity index is 1050. The van der Waals surface area contributed by atoms with Crippen LogP contribution in [0.1, 0.15) is 30.0 Å². The van der Waals surface area contributed by atoms with Gasteiger partial charge in [-0.2, -0.15) is 13.2 Å². The summed E-state index contributed by atoms with van der Waals surface area (Å²) in [5.41, 5.74) is -0.612. The van der Waals surface area contributed by atoms with Gasteiger partial charge in [-0.15, -0.1) is 16.4 Å². The summed E-state index contributed by atoms with van der Waals surface area (Å²) in [5, 5.41) is 6.13. The van der Waals surface area contributed by atoms with Crippen molar-refractivity contribution in [2.75, 3.05) is 13.2 Å². The summed E-state index contributed by atoms with van der Waals surface area (Å²) in [4.78, 5) is 19.8. The molecule has 0 spiro atoms. The first-order valence-electron chi connectivity index (χ1n) is 9.35. The number of amides is 1. The molecule has 0 bridgehead atoms. The minimum atomic E-state index is -4.49. The second-order valence-corrected chi connectivity index (χ2v) is 8.09. The van der Waals surface area contributed by atoms with Crippen molar-refractivity contribution in [3.05, 3.63) is 53.2 Å². The van der Waals surface area contributed by atoms with Crippen LogP contribution in [0.2, 0.25) is 0 Å². The van der Waals surface area contributed by atoms with E-state index in [-0.39, 0.29) is 29.6 Å². The van der Waals surface area contributed by atoms with Crippen LogP contribution in [-0.4, -0.2) is 50.9 Å². The Morgan fingerprint density at radius 3 is 2.73 bits per heavy atom. The first-order valence-corrected chi connectivity index (χ1v) is 10.2. The second kappa shape index (κ2) is 7.84. The first-order chi connectivity index (χ1) is 14.2. The van der Waals surface area contributed by atoms with Gasteiger partial charge in [-0.3, -0.25) is 4.79 Å². The highest BCUT2D eigenvalue weighted by molar-refractivity contribution is 7.13. The van der Waals surface area contributed by atoms with Gasteiger partial charge >= 0.3 is 6.18 Å². The predicted octanol–water partition coefficient (Wildman–Crippen LogP) is 4.26. The van der Waals surface area contributed by atoms with Crippen LogP contribution in [0.5, 0.6) is 0 Å². The largest absolute Gasteiger partial charge is 0.416 e. The van der Waals surface area contributed by atoms with Crippen molar-refractivity contribution in [3.63, 3.8) is 0 Å². The maximum Gasteiger partial charge on any atom is 0.416 e. The van der Waals surface area contributed by atoms with Crippen LogP contribution in [0.3, 0.4) is 0 Å². The lowest BCUT2D eigenvalue weighted by molar-refractivity contribution is -0.137. The van der Waals surface area contributed by atoms with E-state index >= 15 is 0 Å². The molecule has 2 aromatic heterocycles. The molecule has 30 heavy (non-hydrogen) atoms. The first kappa shape index (κ1) is 20.5. The number of alkyl halides is 3. The van der Waals surface area contributed by atoms with Gasteiger partial charge in [0.15, 0.2) is 5.82 Å². The number of rotatable bonds is 3. The van der Waals surface area contributed by atoms with Crippen LogP contribution in [0.4, 0.5) is 13.2 Å². The maximum atomic E-state index is 13.2. The fraction of sp³-hybridized carbons (Fsp3) is 0.350. The minimum Gasteiger partial charge on any atom is -0.375 e. The number of hydrogen-bond acceptors (Lipinski definition) is 5. The fourth-order valence-corrected chi connectivity index (χ4v) is 3.98. The molecular weight excluding hydrogens is 417 g/mol. The number of carbonyl (C=O) groups is 1. The van der Waals surface area contributed by atoms with Crippen molar-refractivity contribution in [1.82, 2.24) is 19.7 Å². The Hall–Kier alpha value is -2.72. The molecule has 1 saturated heterocycles. The van der Waals surface area contributed by atoms with Crippen LogP contribution in [-0.2, 0) is 10.9 Å². The number of ether oxygens (including phenoxy) is 1. The Balaban J connectivity index is 1.78. The molecule has 0 aliphatic carbocycles. The van der Waals surface area contributed by atoms with Crippen molar-refractivity contribution in [1.29, 1.82) is 0 Å². The van der Waals surface area contributed by atoms with Crippen LogP contribution < -0.4 is 0 Å². The molecule has 6 nitrogen and oxygen atoms in total. The standard InChI is InChI=1S/C20H19F3N4O2S/c1-12-11-29-13(2)10-26(12)19(28)17-24-18(16-7-4-8-30-16)27(25-17)15-6-3-5-14(9-15)20(21,22)23/h3-9,12-13H,10-11H2,1-2H3. The number of hydrogen-bond donors (Lipinski definition) is 0. The Labute approximate surface area is 174 Å². The van der Waals surface area contributed by atoms with E-state index in [1.807, 2.05) is 19.2 Å². The lowest BCUT2D eigenvalue weighted by Crippen LogP contribution is -2.50. The van der Waals surface area contributed by atoms with E-state index in [9.17, 15) is 18.0 Å². The molecule has 2 atom stereocenters. The molecule has 0 saturated carbocycles. The zero-order chi connectivity index (χ0) is 21.5. The van der Waals surface area contributed by atoms with E-state index in [0.717, 1.165) is 12.1 Å². The van der Waals surface area contributed by atoms with Crippen molar-refractivity contribution < 1.29 is 22.7 Å². The maximum absolute atomic E-state index is 13.2. The lowest BCUT2D eigenvalue weighted by Gasteiger charge is -2.36. The molecule has 3 heterocycles. The van der Waals surface area contributed by atoms with Crippen LogP contribution in [0.25, 0.3) is 16.4 Å². The second-order valence-electron chi connectivity index (χ2n) is 7.15. The van der Waals surface area contributed by atoms with Gasteiger partial charge in [-0.1, -0.05) is 12.1 Å². The van der Waals surface area contributed by atoms with Crippen molar-refractivity contribution in [2.45, 2.75) is 32.2 Å². The number of benzene rings is 1. The van der Waals surface area contributed by atoms with Gasteiger partial charge in [0.05, 0.1) is 34.9 Å². The number of halogens is 3. The quantitative estimate of drug-likeness (QED) is 0.616. The third kappa shape index (κ3) is 3.97. The molecule has 0 N–H and O–H groups in total. The summed E-state index contributed by atoms with van der Waals surface area (Å²) in [6, 6.07) is 8.25. The molecular formula is C20H19F3N4O2S. The molecule has 3 aromatic rings. The van der Waals surface area contributed by atoms with Gasteiger partial charge in [0.2, 0.25) is 5.82 Å². The van der Waals surface area contributed by atoms with Gasteiger partial charge in [0.1, 0.15) is 0 Å². The van der Waals surface area contributed by atoms with Gasteiger partial charge in [-0.05, 0) is 43.5 Å². The third-order valence-corrected chi connectivity index (χ3v) is 5.69. The van der Waals surface area contributed by atoms with Crippen molar-refractivity contribution >= 4 is 17.2 Å². The van der Waals surface area contributed by atoms with E-state index in [4.69, 9.17) is 4.74 Å². The Kier molecular flexibility index (Phi) is 5.37. The van der Waals surface area contributed by atoms with Crippen molar-refractivity contribution in [2.24, 2.45) is 0 Å². The van der Waals surface area contributed by atoms with Gasteiger partial charge in [0.25, 0.3) is 5.91 Å². The number of nitrogens with zero attached hydrogens (tertiary/aromatic N) is 4. The molecule has 1 aromatic carbocycles. The van der Waals surface area contributed by atoms with Crippen LogP contribution in [0, 0.1) is 0 Å².